The number of carbonyl (C=O) groups is 1. The van der Waals surface area contributed by atoms with E-state index in [4.69, 9.17) is 5.26 Å². The SMILES string of the molecule is CN(CCC#N)C(=O)CCSc1nc2ccccc2s1. The Morgan fingerprint density at radius 2 is 2.30 bits per heavy atom. The average Bonchev–Trinajstić information content (AvgIpc) is 2.87. The molecule has 0 radical (unpaired) electrons. The van der Waals surface area contributed by atoms with E-state index in [0.29, 0.717) is 19.4 Å². The van der Waals surface area contributed by atoms with Gasteiger partial charge in [-0.2, -0.15) is 5.26 Å². The number of hydrogen-bond acceptors (Lipinski definition) is 5. The standard InChI is InChI=1S/C14H15N3OS2/c1-17(9-4-8-15)13(18)7-10-19-14-16-11-5-2-3-6-12(11)20-14/h2-3,5-6H,4,7,9-10H2,1H3. The number of aromatic nitrogens is 1. The van der Waals surface area contributed by atoms with Gasteiger partial charge in [0.05, 0.1) is 22.7 Å². The van der Waals surface area contributed by atoms with Crippen molar-refractivity contribution in [2.75, 3.05) is 19.3 Å². The molecular weight excluding hydrogens is 290 g/mol. The molecule has 0 saturated carbocycles. The van der Waals surface area contributed by atoms with Gasteiger partial charge in [-0.1, -0.05) is 23.9 Å². The van der Waals surface area contributed by atoms with Crippen molar-refractivity contribution in [3.8, 4) is 6.07 Å². The highest BCUT2D eigenvalue weighted by atomic mass is 32.2. The summed E-state index contributed by atoms with van der Waals surface area (Å²) >= 11 is 3.27. The van der Waals surface area contributed by atoms with Gasteiger partial charge in [-0.25, -0.2) is 4.98 Å². The van der Waals surface area contributed by atoms with Crippen LogP contribution in [0.4, 0.5) is 0 Å². The molecule has 0 unspecified atom stereocenters. The van der Waals surface area contributed by atoms with E-state index in [0.717, 1.165) is 15.6 Å². The summed E-state index contributed by atoms with van der Waals surface area (Å²) in [5.74, 6) is 0.795. The van der Waals surface area contributed by atoms with Crippen LogP contribution in [0.5, 0.6) is 0 Å². The van der Waals surface area contributed by atoms with Crippen molar-refractivity contribution in [2.45, 2.75) is 17.2 Å². The average molecular weight is 305 g/mol. The van der Waals surface area contributed by atoms with E-state index in [2.05, 4.69) is 11.1 Å². The highest BCUT2D eigenvalue weighted by Crippen LogP contribution is 2.29. The minimum Gasteiger partial charge on any atom is -0.345 e. The van der Waals surface area contributed by atoms with E-state index in [1.807, 2.05) is 24.3 Å². The number of carbonyl (C=O) groups excluding carboxylic acids is 1. The molecule has 1 aromatic carbocycles. The predicted molar refractivity (Wildman–Crippen MR) is 82.8 cm³/mol. The van der Waals surface area contributed by atoms with Gasteiger partial charge in [0.25, 0.3) is 0 Å². The molecule has 104 valence electrons. The summed E-state index contributed by atoms with van der Waals surface area (Å²) in [7, 11) is 1.74. The first-order valence-electron chi connectivity index (χ1n) is 6.30. The third kappa shape index (κ3) is 3.95. The fourth-order valence-corrected chi connectivity index (χ4v) is 3.74. The van der Waals surface area contributed by atoms with E-state index < -0.39 is 0 Å². The van der Waals surface area contributed by atoms with Gasteiger partial charge in [-0.3, -0.25) is 4.79 Å². The molecule has 1 heterocycles. The molecule has 0 atom stereocenters. The van der Waals surface area contributed by atoms with Gasteiger partial charge in [-0.15, -0.1) is 11.3 Å². The lowest BCUT2D eigenvalue weighted by Gasteiger charge is -2.14. The quantitative estimate of drug-likeness (QED) is 0.769. The van der Waals surface area contributed by atoms with E-state index in [9.17, 15) is 4.79 Å². The van der Waals surface area contributed by atoms with Crippen LogP contribution in [0.15, 0.2) is 28.6 Å². The lowest BCUT2D eigenvalue weighted by atomic mass is 10.3. The summed E-state index contributed by atoms with van der Waals surface area (Å²) in [6.07, 6.45) is 0.857. The highest BCUT2D eigenvalue weighted by molar-refractivity contribution is 8.01. The Hall–Kier alpha value is -1.58. The number of benzene rings is 1. The first-order valence-corrected chi connectivity index (χ1v) is 8.10. The molecule has 6 heteroatoms. The molecule has 0 saturated heterocycles. The maximum atomic E-state index is 11.8. The molecule has 0 aliphatic heterocycles. The van der Waals surface area contributed by atoms with Crippen LogP contribution < -0.4 is 0 Å². The lowest BCUT2D eigenvalue weighted by Crippen LogP contribution is -2.27. The molecule has 1 amide bonds. The second kappa shape index (κ2) is 7.27. The number of thiazole rings is 1. The molecule has 20 heavy (non-hydrogen) atoms. The monoisotopic (exact) mass is 305 g/mol. The second-order valence-electron chi connectivity index (χ2n) is 4.27. The van der Waals surface area contributed by atoms with E-state index in [1.165, 1.54) is 4.70 Å². The first kappa shape index (κ1) is 14.8. The van der Waals surface area contributed by atoms with Crippen LogP contribution in [0.2, 0.25) is 0 Å². The van der Waals surface area contributed by atoms with Crippen LogP contribution in [0, 0.1) is 11.3 Å². The molecule has 1 aromatic heterocycles. The summed E-state index contributed by atoms with van der Waals surface area (Å²) < 4.78 is 2.17. The molecule has 0 N–H and O–H groups in total. The number of hydrogen-bond donors (Lipinski definition) is 0. The van der Waals surface area contributed by atoms with E-state index in [1.54, 1.807) is 35.0 Å². The van der Waals surface area contributed by atoms with Gasteiger partial charge in [-0.05, 0) is 12.1 Å². The molecule has 0 fully saturated rings. The van der Waals surface area contributed by atoms with E-state index >= 15 is 0 Å². The molecule has 0 aliphatic carbocycles. The first-order chi connectivity index (χ1) is 9.70. The Kier molecular flexibility index (Phi) is 5.39. The Balaban J connectivity index is 1.81. The summed E-state index contributed by atoms with van der Waals surface area (Å²) in [5, 5.41) is 8.49. The van der Waals surface area contributed by atoms with Crippen LogP contribution in [-0.4, -0.2) is 35.1 Å². The fourth-order valence-electron chi connectivity index (χ4n) is 1.67. The summed E-state index contributed by atoms with van der Waals surface area (Å²) in [4.78, 5) is 17.9. The molecular formula is C14H15N3OS2. The largest absolute Gasteiger partial charge is 0.345 e. The van der Waals surface area contributed by atoms with Crippen LogP contribution in [-0.2, 0) is 4.79 Å². The van der Waals surface area contributed by atoms with Gasteiger partial charge in [0.2, 0.25) is 5.91 Å². The molecule has 4 nitrogen and oxygen atoms in total. The van der Waals surface area contributed by atoms with Crippen LogP contribution in [0.25, 0.3) is 10.2 Å². The number of rotatable bonds is 6. The highest BCUT2D eigenvalue weighted by Gasteiger charge is 2.09. The molecule has 0 aliphatic rings. The van der Waals surface area contributed by atoms with Gasteiger partial charge < -0.3 is 4.90 Å². The Morgan fingerprint density at radius 3 is 3.05 bits per heavy atom. The van der Waals surface area contributed by atoms with Crippen molar-refractivity contribution in [3.63, 3.8) is 0 Å². The van der Waals surface area contributed by atoms with Gasteiger partial charge in [0, 0.05) is 25.8 Å². The normalized spacial score (nSPS) is 10.4. The lowest BCUT2D eigenvalue weighted by molar-refractivity contribution is -0.129. The van der Waals surface area contributed by atoms with Crippen LogP contribution in [0.1, 0.15) is 12.8 Å². The Morgan fingerprint density at radius 1 is 1.50 bits per heavy atom. The van der Waals surface area contributed by atoms with Gasteiger partial charge in [0.1, 0.15) is 0 Å². The smallest absolute Gasteiger partial charge is 0.223 e. The van der Waals surface area contributed by atoms with Crippen molar-refractivity contribution < 1.29 is 4.79 Å². The van der Waals surface area contributed by atoms with Gasteiger partial charge >= 0.3 is 0 Å². The molecule has 0 bridgehead atoms. The number of nitriles is 1. The number of nitrogens with zero attached hydrogens (tertiary/aromatic N) is 3. The Labute approximate surface area is 126 Å². The molecule has 0 spiro atoms. The third-order valence-electron chi connectivity index (χ3n) is 2.80. The zero-order valence-corrected chi connectivity index (χ0v) is 12.8. The third-order valence-corrected chi connectivity index (χ3v) is 4.98. The molecule has 2 rings (SSSR count). The summed E-state index contributed by atoms with van der Waals surface area (Å²) in [6, 6.07) is 10.1. The minimum atomic E-state index is 0.0776. The maximum Gasteiger partial charge on any atom is 0.223 e. The number of amides is 1. The maximum absolute atomic E-state index is 11.8. The topological polar surface area (TPSA) is 57.0 Å². The zero-order chi connectivity index (χ0) is 14.4. The van der Waals surface area contributed by atoms with E-state index in [-0.39, 0.29) is 5.91 Å². The fraction of sp³-hybridized carbons (Fsp3) is 0.357. The van der Waals surface area contributed by atoms with Crippen LogP contribution >= 0.6 is 23.1 Å². The Bertz CT molecular complexity index is 600. The van der Waals surface area contributed by atoms with Crippen LogP contribution in [0.3, 0.4) is 0 Å². The number of thioether (sulfide) groups is 1. The summed E-state index contributed by atoms with van der Waals surface area (Å²) in [6.45, 7) is 0.501. The summed E-state index contributed by atoms with van der Waals surface area (Å²) in [5.41, 5.74) is 1.01. The number of fused-ring (bicyclic) bond motifs is 1. The predicted octanol–water partition coefficient (Wildman–Crippen LogP) is 3.15. The van der Waals surface area contributed by atoms with Crippen molar-refractivity contribution in [1.82, 2.24) is 9.88 Å². The minimum absolute atomic E-state index is 0.0776. The second-order valence-corrected chi connectivity index (χ2v) is 6.64. The van der Waals surface area contributed by atoms with Crippen molar-refractivity contribution >= 4 is 39.2 Å². The van der Waals surface area contributed by atoms with Crippen molar-refractivity contribution in [2.24, 2.45) is 0 Å². The van der Waals surface area contributed by atoms with Gasteiger partial charge in [0.15, 0.2) is 4.34 Å². The number of para-hydroxylation sites is 1. The van der Waals surface area contributed by atoms with Crippen molar-refractivity contribution in [3.05, 3.63) is 24.3 Å². The molecule has 2 aromatic rings. The zero-order valence-electron chi connectivity index (χ0n) is 11.2. The van der Waals surface area contributed by atoms with Crippen molar-refractivity contribution in [1.29, 1.82) is 5.26 Å².